The van der Waals surface area contributed by atoms with Crippen molar-refractivity contribution in [2.75, 3.05) is 16.8 Å². The normalized spacial score (nSPS) is 19.2. The molecule has 3 rings (SSSR count). The highest BCUT2D eigenvalue weighted by atomic mass is 16.3. The fourth-order valence-electron chi connectivity index (χ4n) is 2.73. The molecule has 24 heavy (non-hydrogen) atoms. The van der Waals surface area contributed by atoms with Crippen LogP contribution in [-0.2, 0) is 10.5 Å². The smallest absolute Gasteiger partial charge is 0.329 e. The Balaban J connectivity index is 2.18. The molecule has 2 aromatic carbocycles. The molecule has 3 N–H and O–H groups in total. The molecule has 3 amide bonds. The van der Waals surface area contributed by atoms with E-state index in [1.165, 1.54) is 6.08 Å². The number of para-hydroxylation sites is 2. The van der Waals surface area contributed by atoms with Gasteiger partial charge in [-0.25, -0.2) is 4.79 Å². The number of nitrogens with zero attached hydrogens (tertiary/aromatic N) is 1. The number of carbonyl (C=O) groups is 2. The van der Waals surface area contributed by atoms with Crippen molar-refractivity contribution in [2.24, 2.45) is 0 Å². The van der Waals surface area contributed by atoms with Crippen molar-refractivity contribution < 1.29 is 14.7 Å². The molecule has 1 heterocycles. The maximum absolute atomic E-state index is 12.7. The third-order valence-corrected chi connectivity index (χ3v) is 3.81. The highest BCUT2D eigenvalue weighted by Crippen LogP contribution is 2.39. The predicted molar refractivity (Wildman–Crippen MR) is 91.5 cm³/mol. The standard InChI is InChI=1S/C18H17N3O3/c1-2-12-19-16(22)18(24)14-10-6-7-11-15(14)20-17(23)21(18)13-8-4-3-5-9-13/h2-11,24H,1,12H2,(H,19,22)(H,20,23)/t18-/m0/s1. The van der Waals surface area contributed by atoms with E-state index < -0.39 is 17.7 Å². The number of hydrogen-bond donors (Lipinski definition) is 3. The molecule has 0 bridgehead atoms. The quantitative estimate of drug-likeness (QED) is 0.754. The number of rotatable bonds is 4. The Bertz CT molecular complexity index is 791. The van der Waals surface area contributed by atoms with E-state index in [-0.39, 0.29) is 6.54 Å². The summed E-state index contributed by atoms with van der Waals surface area (Å²) in [5.74, 6) is -0.700. The van der Waals surface area contributed by atoms with E-state index in [9.17, 15) is 14.7 Å². The summed E-state index contributed by atoms with van der Waals surface area (Å²) in [6.07, 6.45) is 1.50. The Kier molecular flexibility index (Phi) is 4.05. The van der Waals surface area contributed by atoms with Gasteiger partial charge >= 0.3 is 6.03 Å². The van der Waals surface area contributed by atoms with Crippen molar-refractivity contribution in [1.29, 1.82) is 0 Å². The van der Waals surface area contributed by atoms with Crippen LogP contribution >= 0.6 is 0 Å². The van der Waals surface area contributed by atoms with Crippen LogP contribution in [-0.4, -0.2) is 23.6 Å². The molecule has 0 saturated carbocycles. The molecule has 0 aliphatic carbocycles. The minimum atomic E-state index is -2.16. The summed E-state index contributed by atoms with van der Waals surface area (Å²) in [6.45, 7) is 3.72. The zero-order valence-corrected chi connectivity index (χ0v) is 12.9. The van der Waals surface area contributed by atoms with E-state index in [0.717, 1.165) is 4.90 Å². The lowest BCUT2D eigenvalue weighted by Gasteiger charge is -2.42. The van der Waals surface area contributed by atoms with Gasteiger partial charge in [-0.15, -0.1) is 6.58 Å². The minimum absolute atomic E-state index is 0.174. The van der Waals surface area contributed by atoms with Crippen molar-refractivity contribution in [3.8, 4) is 0 Å². The summed E-state index contributed by atoms with van der Waals surface area (Å²) in [4.78, 5) is 26.4. The number of carbonyl (C=O) groups excluding carboxylic acids is 2. The predicted octanol–water partition coefficient (Wildman–Crippen LogP) is 2.19. The van der Waals surface area contributed by atoms with Crippen LogP contribution in [0.15, 0.2) is 67.3 Å². The van der Waals surface area contributed by atoms with E-state index in [1.54, 1.807) is 54.6 Å². The van der Waals surface area contributed by atoms with Gasteiger partial charge in [-0.05, 0) is 18.2 Å². The van der Waals surface area contributed by atoms with Crippen LogP contribution in [0.25, 0.3) is 0 Å². The van der Waals surface area contributed by atoms with Crippen molar-refractivity contribution in [3.63, 3.8) is 0 Å². The number of benzene rings is 2. The molecule has 6 nitrogen and oxygen atoms in total. The summed E-state index contributed by atoms with van der Waals surface area (Å²) < 4.78 is 0. The van der Waals surface area contributed by atoms with Crippen LogP contribution < -0.4 is 15.5 Å². The molecule has 0 unspecified atom stereocenters. The van der Waals surface area contributed by atoms with Crippen LogP contribution in [0, 0.1) is 0 Å². The Morgan fingerprint density at radius 2 is 1.88 bits per heavy atom. The minimum Gasteiger partial charge on any atom is -0.359 e. The van der Waals surface area contributed by atoms with Crippen molar-refractivity contribution in [2.45, 2.75) is 5.72 Å². The third kappa shape index (κ3) is 2.43. The summed E-state index contributed by atoms with van der Waals surface area (Å²) in [5, 5.41) is 16.6. The monoisotopic (exact) mass is 323 g/mol. The van der Waals surface area contributed by atoms with Gasteiger partial charge < -0.3 is 15.7 Å². The van der Waals surface area contributed by atoms with E-state index >= 15 is 0 Å². The van der Waals surface area contributed by atoms with E-state index in [0.29, 0.717) is 16.9 Å². The molecule has 0 saturated heterocycles. The van der Waals surface area contributed by atoms with Crippen LogP contribution in [0.3, 0.4) is 0 Å². The van der Waals surface area contributed by atoms with Crippen molar-refractivity contribution in [1.82, 2.24) is 5.32 Å². The number of hydrogen-bond acceptors (Lipinski definition) is 3. The van der Waals surface area contributed by atoms with E-state index in [4.69, 9.17) is 0 Å². The molecule has 0 fully saturated rings. The number of anilines is 2. The van der Waals surface area contributed by atoms with Gasteiger partial charge in [0.25, 0.3) is 11.6 Å². The Morgan fingerprint density at radius 1 is 1.21 bits per heavy atom. The second-order valence-electron chi connectivity index (χ2n) is 5.32. The first-order valence-electron chi connectivity index (χ1n) is 7.46. The number of aliphatic hydroxyl groups is 1. The molecule has 0 radical (unpaired) electrons. The number of nitrogens with one attached hydrogen (secondary N) is 2. The van der Waals surface area contributed by atoms with E-state index in [1.807, 2.05) is 0 Å². The SMILES string of the molecule is C=CCNC(=O)[C@@]1(O)c2ccccc2NC(=O)N1c1ccccc1. The number of fused-ring (bicyclic) bond motifs is 1. The van der Waals surface area contributed by atoms with Gasteiger partial charge in [0, 0.05) is 17.8 Å². The highest BCUT2D eigenvalue weighted by molar-refractivity contribution is 6.11. The Morgan fingerprint density at radius 3 is 2.58 bits per heavy atom. The lowest BCUT2D eigenvalue weighted by molar-refractivity contribution is -0.140. The van der Waals surface area contributed by atoms with Gasteiger partial charge in [0.15, 0.2) is 0 Å². The highest BCUT2D eigenvalue weighted by Gasteiger charge is 2.51. The third-order valence-electron chi connectivity index (χ3n) is 3.81. The van der Waals surface area contributed by atoms with Gasteiger partial charge in [0.1, 0.15) is 0 Å². The molecule has 6 heteroatoms. The second-order valence-corrected chi connectivity index (χ2v) is 5.32. The molecular formula is C18H17N3O3. The molecule has 1 aliphatic heterocycles. The summed E-state index contributed by atoms with van der Waals surface area (Å²) in [6, 6.07) is 14.6. The maximum Gasteiger partial charge on any atom is 0.329 e. The van der Waals surface area contributed by atoms with Crippen LogP contribution in [0.5, 0.6) is 0 Å². The average molecular weight is 323 g/mol. The van der Waals surface area contributed by atoms with Gasteiger partial charge in [0.05, 0.1) is 5.69 Å². The van der Waals surface area contributed by atoms with Crippen LogP contribution in [0.2, 0.25) is 0 Å². The number of urea groups is 1. The molecule has 1 aliphatic rings. The lowest BCUT2D eigenvalue weighted by Crippen LogP contribution is -2.62. The zero-order valence-electron chi connectivity index (χ0n) is 12.9. The van der Waals surface area contributed by atoms with Gasteiger partial charge in [0.2, 0.25) is 0 Å². The lowest BCUT2D eigenvalue weighted by atomic mass is 9.95. The second kappa shape index (κ2) is 6.17. The molecule has 2 aromatic rings. The van der Waals surface area contributed by atoms with Gasteiger partial charge in [-0.1, -0.05) is 42.5 Å². The van der Waals surface area contributed by atoms with Crippen molar-refractivity contribution >= 4 is 23.3 Å². The fourth-order valence-corrected chi connectivity index (χ4v) is 2.73. The molecule has 0 spiro atoms. The van der Waals surface area contributed by atoms with Crippen LogP contribution in [0.1, 0.15) is 5.56 Å². The van der Waals surface area contributed by atoms with Gasteiger partial charge in [-0.2, -0.15) is 0 Å². The van der Waals surface area contributed by atoms with Gasteiger partial charge in [-0.3, -0.25) is 9.69 Å². The molecule has 0 aromatic heterocycles. The van der Waals surface area contributed by atoms with Crippen molar-refractivity contribution in [3.05, 3.63) is 72.8 Å². The topological polar surface area (TPSA) is 81.7 Å². The molecular weight excluding hydrogens is 306 g/mol. The fraction of sp³-hybridized carbons (Fsp3) is 0.111. The summed E-state index contributed by atoms with van der Waals surface area (Å²) in [7, 11) is 0. The average Bonchev–Trinajstić information content (AvgIpc) is 2.60. The summed E-state index contributed by atoms with van der Waals surface area (Å²) in [5.41, 5.74) is -1.06. The molecule has 122 valence electrons. The number of amides is 3. The first-order valence-corrected chi connectivity index (χ1v) is 7.46. The zero-order chi connectivity index (χ0) is 17.2. The Labute approximate surface area is 139 Å². The van der Waals surface area contributed by atoms with E-state index in [2.05, 4.69) is 17.2 Å². The Hall–Kier alpha value is -3.12. The van der Waals surface area contributed by atoms with Crippen LogP contribution in [0.4, 0.5) is 16.2 Å². The molecule has 1 atom stereocenters. The summed E-state index contributed by atoms with van der Waals surface area (Å²) >= 11 is 0. The first-order chi connectivity index (χ1) is 11.6. The maximum atomic E-state index is 12.7. The largest absolute Gasteiger partial charge is 0.359 e. The first kappa shape index (κ1) is 15.8.